The van der Waals surface area contributed by atoms with Crippen molar-refractivity contribution in [1.29, 1.82) is 0 Å². The van der Waals surface area contributed by atoms with Crippen LogP contribution in [0.25, 0.3) is 6.08 Å². The number of rotatable bonds is 3. The van der Waals surface area contributed by atoms with E-state index in [1.54, 1.807) is 30.3 Å². The summed E-state index contributed by atoms with van der Waals surface area (Å²) in [6.45, 7) is 0.266. The van der Waals surface area contributed by atoms with Crippen molar-refractivity contribution in [2.75, 3.05) is 13.6 Å². The molecule has 1 amide bonds. The Morgan fingerprint density at radius 3 is 2.10 bits per heavy atom. The van der Waals surface area contributed by atoms with E-state index in [1.807, 2.05) is 0 Å². The average molecular weight is 481 g/mol. The van der Waals surface area contributed by atoms with E-state index in [0.717, 1.165) is 16.8 Å². The first-order chi connectivity index (χ1) is 14.5. The van der Waals surface area contributed by atoms with Gasteiger partial charge in [-0.1, -0.05) is 35.0 Å². The number of thioether (sulfide) groups is 1. The molecule has 11 heteroatoms. The zero-order valence-corrected chi connectivity index (χ0v) is 18.0. The van der Waals surface area contributed by atoms with Crippen LogP contribution in [-0.4, -0.2) is 35.0 Å². The molecule has 30 heavy (non-hydrogen) atoms. The summed E-state index contributed by atoms with van der Waals surface area (Å²) in [4.78, 5) is 13.2. The quantitative estimate of drug-likeness (QED) is 0.358. The van der Waals surface area contributed by atoms with Crippen LogP contribution in [0.15, 0.2) is 34.3 Å². The van der Waals surface area contributed by atoms with Gasteiger partial charge < -0.3 is 18.9 Å². The number of hydrogen-bond donors (Lipinski definition) is 0. The number of hydrogen-bond acceptors (Lipinski definition) is 8. The zero-order valence-electron chi connectivity index (χ0n) is 14.9. The molecule has 0 aliphatic carbocycles. The summed E-state index contributed by atoms with van der Waals surface area (Å²) in [6, 6.07) is 6.69. The smallest absolute Gasteiger partial charge is 0.286 e. The summed E-state index contributed by atoms with van der Waals surface area (Å²) in [5.74, 6) is 1.88. The molecule has 0 saturated carbocycles. The third kappa shape index (κ3) is 3.47. The first-order valence-corrected chi connectivity index (χ1v) is 10.5. The Kier molecular flexibility index (Phi) is 4.98. The van der Waals surface area contributed by atoms with Gasteiger partial charge >= 0.3 is 0 Å². The number of thiocarbonyl (C=S) groups is 1. The van der Waals surface area contributed by atoms with Gasteiger partial charge in [-0.15, -0.1) is 0 Å². The molecule has 2 aromatic rings. The second-order valence-electron chi connectivity index (χ2n) is 6.19. The van der Waals surface area contributed by atoms with E-state index < -0.39 is 0 Å². The van der Waals surface area contributed by atoms with Gasteiger partial charge in [-0.3, -0.25) is 4.79 Å². The number of benzene rings is 2. The largest absolute Gasteiger partial charge is 0.454 e. The highest BCUT2D eigenvalue weighted by molar-refractivity contribution is 8.26. The van der Waals surface area contributed by atoms with Crippen molar-refractivity contribution < 1.29 is 23.7 Å². The number of ether oxygens (including phenoxy) is 4. The normalized spacial score (nSPS) is 18.3. The van der Waals surface area contributed by atoms with Crippen LogP contribution in [0.3, 0.4) is 0 Å². The Morgan fingerprint density at radius 2 is 1.47 bits per heavy atom. The van der Waals surface area contributed by atoms with Crippen molar-refractivity contribution in [3.8, 4) is 23.0 Å². The topological polar surface area (TPSA) is 69.6 Å². The summed E-state index contributed by atoms with van der Waals surface area (Å²) in [5, 5.41) is 6.19. The number of amides is 1. The van der Waals surface area contributed by atoms with Gasteiger partial charge in [0.2, 0.25) is 13.6 Å². The standard InChI is InChI=1S/C19H10Cl2N2O5S2/c20-11-4-15-13(25-7-27-15)1-9(11)3-17-18(24)23(19(29)30-17)22-6-10-2-14-16(5-12(10)21)28-8-26-14/h1-6H,7-8H2/b17-3-,22-6+. The Bertz CT molecular complexity index is 1170. The number of halogens is 2. The van der Waals surface area contributed by atoms with E-state index in [4.69, 9.17) is 54.4 Å². The van der Waals surface area contributed by atoms with Gasteiger partial charge in [-0.25, -0.2) is 0 Å². The van der Waals surface area contributed by atoms with Crippen LogP contribution in [0.1, 0.15) is 11.1 Å². The summed E-state index contributed by atoms with van der Waals surface area (Å²) in [6.07, 6.45) is 3.10. The van der Waals surface area contributed by atoms with Crippen LogP contribution in [0.4, 0.5) is 0 Å². The van der Waals surface area contributed by atoms with E-state index in [9.17, 15) is 4.79 Å². The molecule has 0 atom stereocenters. The molecule has 0 spiro atoms. The second-order valence-corrected chi connectivity index (χ2v) is 8.68. The first kappa shape index (κ1) is 19.5. The van der Waals surface area contributed by atoms with Crippen molar-refractivity contribution in [3.63, 3.8) is 0 Å². The summed E-state index contributed by atoms with van der Waals surface area (Å²) < 4.78 is 21.6. The third-order valence-electron chi connectivity index (χ3n) is 4.36. The fraction of sp³-hybridized carbons (Fsp3) is 0.105. The van der Waals surface area contributed by atoms with Gasteiger partial charge in [0.15, 0.2) is 27.3 Å². The molecular weight excluding hydrogens is 471 g/mol. The van der Waals surface area contributed by atoms with Crippen LogP contribution in [0.5, 0.6) is 23.0 Å². The molecule has 3 heterocycles. The molecule has 5 rings (SSSR count). The van der Waals surface area contributed by atoms with Crippen molar-refractivity contribution in [1.82, 2.24) is 5.01 Å². The lowest BCUT2D eigenvalue weighted by Gasteiger charge is -2.07. The number of hydrazone groups is 1. The number of nitrogens with zero attached hydrogens (tertiary/aromatic N) is 2. The maximum atomic E-state index is 12.8. The number of fused-ring (bicyclic) bond motifs is 2. The second kappa shape index (κ2) is 7.66. The lowest BCUT2D eigenvalue weighted by atomic mass is 10.2. The predicted molar refractivity (Wildman–Crippen MR) is 118 cm³/mol. The number of carbonyl (C=O) groups is 1. The molecule has 1 saturated heterocycles. The molecule has 0 N–H and O–H groups in total. The number of carbonyl (C=O) groups excluding carboxylic acids is 1. The van der Waals surface area contributed by atoms with E-state index >= 15 is 0 Å². The summed E-state index contributed by atoms with van der Waals surface area (Å²) in [5.41, 5.74) is 1.18. The van der Waals surface area contributed by atoms with Gasteiger partial charge in [-0.05, 0) is 36.0 Å². The van der Waals surface area contributed by atoms with Gasteiger partial charge in [0.1, 0.15) is 0 Å². The predicted octanol–water partition coefficient (Wildman–Crippen LogP) is 4.69. The molecule has 1 fully saturated rings. The average Bonchev–Trinajstić information content (AvgIpc) is 3.41. The summed E-state index contributed by atoms with van der Waals surface area (Å²) in [7, 11) is 0. The Balaban J connectivity index is 1.40. The lowest BCUT2D eigenvalue weighted by Crippen LogP contribution is -2.22. The molecule has 0 aromatic heterocycles. The van der Waals surface area contributed by atoms with E-state index in [2.05, 4.69) is 5.10 Å². The maximum Gasteiger partial charge on any atom is 0.286 e. The van der Waals surface area contributed by atoms with Crippen LogP contribution in [-0.2, 0) is 4.79 Å². The highest BCUT2D eigenvalue weighted by atomic mass is 35.5. The Labute approximate surface area is 190 Å². The van der Waals surface area contributed by atoms with Crippen LogP contribution >= 0.6 is 47.2 Å². The zero-order chi connectivity index (χ0) is 20.8. The van der Waals surface area contributed by atoms with E-state index in [1.165, 1.54) is 6.21 Å². The van der Waals surface area contributed by atoms with Crippen molar-refractivity contribution >= 4 is 69.7 Å². The van der Waals surface area contributed by atoms with Crippen molar-refractivity contribution in [2.45, 2.75) is 0 Å². The molecule has 0 unspecified atom stereocenters. The van der Waals surface area contributed by atoms with Crippen molar-refractivity contribution in [3.05, 3.63) is 50.3 Å². The molecule has 7 nitrogen and oxygen atoms in total. The fourth-order valence-electron chi connectivity index (χ4n) is 2.90. The monoisotopic (exact) mass is 480 g/mol. The molecule has 3 aliphatic rings. The van der Waals surface area contributed by atoms with E-state index in [0.29, 0.717) is 49.1 Å². The van der Waals surface area contributed by atoms with E-state index in [-0.39, 0.29) is 23.8 Å². The molecule has 0 radical (unpaired) electrons. The minimum Gasteiger partial charge on any atom is -0.454 e. The lowest BCUT2D eigenvalue weighted by molar-refractivity contribution is -0.122. The minimum absolute atomic E-state index is 0.133. The Hall–Kier alpha value is -2.46. The van der Waals surface area contributed by atoms with Crippen LogP contribution in [0, 0.1) is 0 Å². The third-order valence-corrected chi connectivity index (χ3v) is 6.29. The van der Waals surface area contributed by atoms with Gasteiger partial charge in [0, 0.05) is 17.7 Å². The maximum absolute atomic E-state index is 12.8. The van der Waals surface area contributed by atoms with Gasteiger partial charge in [-0.2, -0.15) is 10.1 Å². The fourth-order valence-corrected chi connectivity index (χ4v) is 4.47. The van der Waals surface area contributed by atoms with Crippen LogP contribution < -0.4 is 18.9 Å². The molecule has 0 bridgehead atoms. The molecule has 152 valence electrons. The summed E-state index contributed by atoms with van der Waals surface area (Å²) >= 11 is 19.0. The van der Waals surface area contributed by atoms with Gasteiger partial charge in [0.05, 0.1) is 21.2 Å². The van der Waals surface area contributed by atoms with Crippen molar-refractivity contribution in [2.24, 2.45) is 5.10 Å². The van der Waals surface area contributed by atoms with Gasteiger partial charge in [0.25, 0.3) is 5.91 Å². The van der Waals surface area contributed by atoms with Crippen LogP contribution in [0.2, 0.25) is 10.0 Å². The minimum atomic E-state index is -0.369. The molecular formula is C19H10Cl2N2O5S2. The highest BCUT2D eigenvalue weighted by Crippen LogP contribution is 2.40. The first-order valence-electron chi connectivity index (χ1n) is 8.50. The SMILES string of the molecule is O=C1/C(=C/c2cc3c(cc2Cl)OCO3)SC(=S)N1/N=C/c1cc2c(cc1Cl)OCO2. The molecule has 3 aliphatic heterocycles. The highest BCUT2D eigenvalue weighted by Gasteiger charge is 2.32. The molecule has 2 aromatic carbocycles. The Morgan fingerprint density at radius 1 is 0.933 bits per heavy atom.